The van der Waals surface area contributed by atoms with Crippen LogP contribution in [0.15, 0.2) is 42.5 Å². The standard InChI is InChI=1S/C17H20O2/c1-4-14-6-5-7-16(12-14)15-8-10-17(19-3,11-9-15)13(2)18/h5-10,12H,4,11H2,1-3H3. The summed E-state index contributed by atoms with van der Waals surface area (Å²) in [6.45, 7) is 3.72. The molecule has 100 valence electrons. The number of aryl methyl sites for hydroxylation is 1. The van der Waals surface area contributed by atoms with Gasteiger partial charge in [0.2, 0.25) is 0 Å². The van der Waals surface area contributed by atoms with E-state index in [2.05, 4.69) is 37.3 Å². The van der Waals surface area contributed by atoms with Crippen LogP contribution in [-0.4, -0.2) is 18.5 Å². The molecule has 2 heteroatoms. The fraction of sp³-hybridized carbons (Fsp3) is 0.353. The summed E-state index contributed by atoms with van der Waals surface area (Å²) in [5, 5.41) is 0. The van der Waals surface area contributed by atoms with Gasteiger partial charge in [-0.05, 0) is 36.1 Å². The Labute approximate surface area is 114 Å². The van der Waals surface area contributed by atoms with Gasteiger partial charge in [0.15, 0.2) is 5.78 Å². The molecule has 1 unspecified atom stereocenters. The Bertz CT molecular complexity index is 540. The number of ether oxygens (including phenoxy) is 1. The first kappa shape index (κ1) is 13.8. The molecule has 1 aromatic rings. The maximum absolute atomic E-state index is 11.7. The Morgan fingerprint density at radius 3 is 2.74 bits per heavy atom. The highest BCUT2D eigenvalue weighted by atomic mass is 16.5. The van der Waals surface area contributed by atoms with E-state index >= 15 is 0 Å². The van der Waals surface area contributed by atoms with Gasteiger partial charge in [-0.25, -0.2) is 0 Å². The molecule has 0 N–H and O–H groups in total. The zero-order valence-electron chi connectivity index (χ0n) is 11.8. The third-order valence-electron chi connectivity index (χ3n) is 3.79. The molecule has 0 bridgehead atoms. The lowest BCUT2D eigenvalue weighted by atomic mass is 9.86. The third-order valence-corrected chi connectivity index (χ3v) is 3.79. The predicted octanol–water partition coefficient (Wildman–Crippen LogP) is 3.57. The summed E-state index contributed by atoms with van der Waals surface area (Å²) in [7, 11) is 1.59. The average Bonchev–Trinajstić information content (AvgIpc) is 2.47. The number of rotatable bonds is 4. The van der Waals surface area contributed by atoms with E-state index in [0.29, 0.717) is 6.42 Å². The topological polar surface area (TPSA) is 26.3 Å². The number of hydrogen-bond acceptors (Lipinski definition) is 2. The summed E-state index contributed by atoms with van der Waals surface area (Å²) in [5.41, 5.74) is 2.90. The number of carbonyl (C=O) groups is 1. The van der Waals surface area contributed by atoms with E-state index in [1.165, 1.54) is 11.1 Å². The lowest BCUT2D eigenvalue weighted by Crippen LogP contribution is -2.37. The Hall–Kier alpha value is -1.67. The molecule has 0 radical (unpaired) electrons. The lowest BCUT2D eigenvalue weighted by molar-refractivity contribution is -0.133. The fourth-order valence-electron chi connectivity index (χ4n) is 2.36. The molecule has 1 aliphatic carbocycles. The van der Waals surface area contributed by atoms with Crippen LogP contribution in [0.5, 0.6) is 0 Å². The normalized spacial score (nSPS) is 22.2. The molecule has 19 heavy (non-hydrogen) atoms. The molecular weight excluding hydrogens is 236 g/mol. The summed E-state index contributed by atoms with van der Waals surface area (Å²) in [5.74, 6) is 0.0452. The van der Waals surface area contributed by atoms with Crippen molar-refractivity contribution in [3.05, 3.63) is 53.6 Å². The van der Waals surface area contributed by atoms with Crippen molar-refractivity contribution in [1.29, 1.82) is 0 Å². The molecule has 0 heterocycles. The van der Waals surface area contributed by atoms with Crippen LogP contribution in [0.3, 0.4) is 0 Å². The van der Waals surface area contributed by atoms with E-state index in [1.54, 1.807) is 14.0 Å². The Morgan fingerprint density at radius 2 is 2.21 bits per heavy atom. The van der Waals surface area contributed by atoms with E-state index in [1.807, 2.05) is 12.2 Å². The Balaban J connectivity index is 2.26. The number of benzene rings is 1. The summed E-state index contributed by atoms with van der Waals surface area (Å²) in [4.78, 5) is 11.7. The Morgan fingerprint density at radius 1 is 1.42 bits per heavy atom. The van der Waals surface area contributed by atoms with Crippen molar-refractivity contribution in [1.82, 2.24) is 0 Å². The van der Waals surface area contributed by atoms with Gasteiger partial charge in [-0.3, -0.25) is 4.79 Å². The molecule has 0 spiro atoms. The molecule has 1 aliphatic rings. The molecule has 0 amide bonds. The van der Waals surface area contributed by atoms with Gasteiger partial charge in [0.05, 0.1) is 0 Å². The van der Waals surface area contributed by atoms with Gasteiger partial charge in [-0.15, -0.1) is 0 Å². The second-order valence-electron chi connectivity index (χ2n) is 4.90. The number of allylic oxidation sites excluding steroid dienone is 2. The second kappa shape index (κ2) is 5.54. The summed E-state index contributed by atoms with van der Waals surface area (Å²) < 4.78 is 5.39. The van der Waals surface area contributed by atoms with E-state index in [9.17, 15) is 4.79 Å². The smallest absolute Gasteiger partial charge is 0.165 e. The SMILES string of the molecule is CCc1cccc(C2=CCC(OC)(C(C)=O)C=C2)c1. The molecular formula is C17H20O2. The highest BCUT2D eigenvalue weighted by Gasteiger charge is 2.33. The zero-order valence-corrected chi connectivity index (χ0v) is 11.8. The van der Waals surface area contributed by atoms with Crippen molar-refractivity contribution in [2.75, 3.05) is 7.11 Å². The quantitative estimate of drug-likeness (QED) is 0.823. The average molecular weight is 256 g/mol. The number of hydrogen-bond donors (Lipinski definition) is 0. The molecule has 0 saturated carbocycles. The zero-order chi connectivity index (χ0) is 13.9. The molecule has 2 rings (SSSR count). The first-order valence-corrected chi connectivity index (χ1v) is 6.66. The molecule has 0 aliphatic heterocycles. The molecule has 1 aromatic carbocycles. The van der Waals surface area contributed by atoms with Gasteiger partial charge < -0.3 is 4.74 Å². The highest BCUT2D eigenvalue weighted by Crippen LogP contribution is 2.30. The molecule has 0 aromatic heterocycles. The molecule has 1 atom stereocenters. The number of Topliss-reactive ketones (excluding diaryl/α,β-unsaturated/α-hetero) is 1. The van der Waals surface area contributed by atoms with Crippen LogP contribution in [0.2, 0.25) is 0 Å². The van der Waals surface area contributed by atoms with Crippen molar-refractivity contribution < 1.29 is 9.53 Å². The summed E-state index contributed by atoms with van der Waals surface area (Å²) in [6, 6.07) is 8.50. The van der Waals surface area contributed by atoms with Crippen molar-refractivity contribution in [3.8, 4) is 0 Å². The summed E-state index contributed by atoms with van der Waals surface area (Å²) >= 11 is 0. The van der Waals surface area contributed by atoms with Gasteiger partial charge in [0, 0.05) is 13.5 Å². The minimum Gasteiger partial charge on any atom is -0.366 e. The molecule has 0 saturated heterocycles. The van der Waals surface area contributed by atoms with Crippen LogP contribution in [0, 0.1) is 0 Å². The maximum atomic E-state index is 11.7. The number of ketones is 1. The second-order valence-corrected chi connectivity index (χ2v) is 4.90. The van der Waals surface area contributed by atoms with Gasteiger partial charge in [0.25, 0.3) is 0 Å². The molecule has 0 fully saturated rings. The van der Waals surface area contributed by atoms with Crippen LogP contribution in [0.25, 0.3) is 5.57 Å². The van der Waals surface area contributed by atoms with Crippen LogP contribution in [0.1, 0.15) is 31.4 Å². The maximum Gasteiger partial charge on any atom is 0.165 e. The van der Waals surface area contributed by atoms with Crippen LogP contribution >= 0.6 is 0 Å². The number of carbonyl (C=O) groups excluding carboxylic acids is 1. The van der Waals surface area contributed by atoms with Crippen molar-refractivity contribution in [3.63, 3.8) is 0 Å². The van der Waals surface area contributed by atoms with Crippen molar-refractivity contribution >= 4 is 11.4 Å². The molecule has 2 nitrogen and oxygen atoms in total. The predicted molar refractivity (Wildman–Crippen MR) is 78.0 cm³/mol. The largest absolute Gasteiger partial charge is 0.366 e. The fourth-order valence-corrected chi connectivity index (χ4v) is 2.36. The Kier molecular flexibility index (Phi) is 4.01. The van der Waals surface area contributed by atoms with Crippen molar-refractivity contribution in [2.24, 2.45) is 0 Å². The van der Waals surface area contributed by atoms with Gasteiger partial charge in [-0.1, -0.05) is 43.3 Å². The minimum atomic E-state index is -0.772. The van der Waals surface area contributed by atoms with E-state index in [-0.39, 0.29) is 5.78 Å². The van der Waals surface area contributed by atoms with Crippen LogP contribution in [0.4, 0.5) is 0 Å². The third kappa shape index (κ3) is 2.69. The van der Waals surface area contributed by atoms with Gasteiger partial charge >= 0.3 is 0 Å². The highest BCUT2D eigenvalue weighted by molar-refractivity contribution is 5.90. The minimum absolute atomic E-state index is 0.0452. The van der Waals surface area contributed by atoms with E-state index < -0.39 is 5.60 Å². The lowest BCUT2D eigenvalue weighted by Gasteiger charge is -2.28. The van der Waals surface area contributed by atoms with E-state index in [4.69, 9.17) is 4.74 Å². The van der Waals surface area contributed by atoms with Crippen LogP contribution < -0.4 is 0 Å². The summed E-state index contributed by atoms with van der Waals surface area (Å²) in [6.07, 6.45) is 7.58. The van der Waals surface area contributed by atoms with Gasteiger partial charge in [-0.2, -0.15) is 0 Å². The first-order valence-electron chi connectivity index (χ1n) is 6.66. The first-order chi connectivity index (χ1) is 9.11. The number of methoxy groups -OCH3 is 1. The van der Waals surface area contributed by atoms with Crippen molar-refractivity contribution in [2.45, 2.75) is 32.3 Å². The monoisotopic (exact) mass is 256 g/mol. The van der Waals surface area contributed by atoms with Crippen LogP contribution in [-0.2, 0) is 16.0 Å². The van der Waals surface area contributed by atoms with E-state index in [0.717, 1.165) is 12.0 Å². The van der Waals surface area contributed by atoms with Gasteiger partial charge in [0.1, 0.15) is 5.60 Å².